The maximum absolute atomic E-state index is 12.8. The summed E-state index contributed by atoms with van der Waals surface area (Å²) in [6.07, 6.45) is 4.53. The summed E-state index contributed by atoms with van der Waals surface area (Å²) in [6, 6.07) is 13.0. The Bertz CT molecular complexity index is 1190. The lowest BCUT2D eigenvalue weighted by Gasteiger charge is -2.19. The molecule has 1 N–H and O–H groups in total. The van der Waals surface area contributed by atoms with Crippen LogP contribution in [-0.4, -0.2) is 32.6 Å². The standard InChI is InChI=1S/C21H21N3O3S2/c1-24(29(2,26)27)19-9-4-3-8-17(19)20(25)23-21-22-18(13-28-21)16-11-10-14-6-5-7-15(14)12-16/h3-4,8-13H,5-7H2,1-2H3,(H,22,23,25). The third kappa shape index (κ3) is 4.04. The number of hydrogen-bond acceptors (Lipinski definition) is 5. The van der Waals surface area contributed by atoms with Gasteiger partial charge >= 0.3 is 0 Å². The quantitative estimate of drug-likeness (QED) is 0.669. The second-order valence-electron chi connectivity index (χ2n) is 7.08. The maximum Gasteiger partial charge on any atom is 0.259 e. The van der Waals surface area contributed by atoms with E-state index in [0.717, 1.165) is 34.7 Å². The molecule has 1 aliphatic rings. The van der Waals surface area contributed by atoms with Crippen molar-refractivity contribution in [3.8, 4) is 11.3 Å². The van der Waals surface area contributed by atoms with Crippen LogP contribution < -0.4 is 9.62 Å². The molecule has 8 heteroatoms. The van der Waals surface area contributed by atoms with Crippen LogP contribution >= 0.6 is 11.3 Å². The van der Waals surface area contributed by atoms with Crippen LogP contribution in [0.4, 0.5) is 10.8 Å². The zero-order valence-corrected chi connectivity index (χ0v) is 17.8. The summed E-state index contributed by atoms with van der Waals surface area (Å²) in [5.41, 5.74) is 5.24. The molecule has 0 fully saturated rings. The molecule has 29 heavy (non-hydrogen) atoms. The number of sulfonamides is 1. The van der Waals surface area contributed by atoms with Crippen molar-refractivity contribution in [2.24, 2.45) is 0 Å². The lowest BCUT2D eigenvalue weighted by Crippen LogP contribution is -2.27. The van der Waals surface area contributed by atoms with Crippen molar-refractivity contribution in [2.45, 2.75) is 19.3 Å². The number of anilines is 2. The topological polar surface area (TPSA) is 79.4 Å². The van der Waals surface area contributed by atoms with Crippen LogP contribution in [0.2, 0.25) is 0 Å². The van der Waals surface area contributed by atoms with Gasteiger partial charge < -0.3 is 0 Å². The molecule has 0 atom stereocenters. The van der Waals surface area contributed by atoms with E-state index in [0.29, 0.717) is 10.8 Å². The molecule has 0 bridgehead atoms. The van der Waals surface area contributed by atoms with Crippen LogP contribution in [0, 0.1) is 0 Å². The maximum atomic E-state index is 12.8. The molecule has 0 spiro atoms. The molecule has 0 unspecified atom stereocenters. The van der Waals surface area contributed by atoms with E-state index in [4.69, 9.17) is 0 Å². The highest BCUT2D eigenvalue weighted by Gasteiger charge is 2.20. The Hall–Kier alpha value is -2.71. The fraction of sp³-hybridized carbons (Fsp3) is 0.238. The molecule has 2 aromatic carbocycles. The first-order valence-electron chi connectivity index (χ1n) is 9.25. The first-order valence-corrected chi connectivity index (χ1v) is 12.0. The SMILES string of the molecule is CN(c1ccccc1C(=O)Nc1nc(-c2ccc3c(c2)CCC3)cs1)S(C)(=O)=O. The summed E-state index contributed by atoms with van der Waals surface area (Å²) < 4.78 is 24.9. The van der Waals surface area contributed by atoms with Crippen LogP contribution in [0.5, 0.6) is 0 Å². The number of aromatic nitrogens is 1. The van der Waals surface area contributed by atoms with Crippen molar-refractivity contribution >= 4 is 38.1 Å². The predicted octanol–water partition coefficient (Wildman–Crippen LogP) is 3.95. The summed E-state index contributed by atoms with van der Waals surface area (Å²) >= 11 is 1.35. The number of carbonyl (C=O) groups is 1. The van der Waals surface area contributed by atoms with Gasteiger partial charge in [0.1, 0.15) is 0 Å². The monoisotopic (exact) mass is 427 g/mol. The number of benzene rings is 2. The molecule has 4 rings (SSSR count). The van der Waals surface area contributed by atoms with Crippen molar-refractivity contribution < 1.29 is 13.2 Å². The highest BCUT2D eigenvalue weighted by Crippen LogP contribution is 2.30. The van der Waals surface area contributed by atoms with E-state index in [1.807, 2.05) is 5.38 Å². The molecule has 0 saturated heterocycles. The zero-order valence-electron chi connectivity index (χ0n) is 16.2. The van der Waals surface area contributed by atoms with Gasteiger partial charge in [-0.2, -0.15) is 0 Å². The van der Waals surface area contributed by atoms with Crippen LogP contribution in [0.15, 0.2) is 47.8 Å². The number of carbonyl (C=O) groups excluding carboxylic acids is 1. The lowest BCUT2D eigenvalue weighted by molar-refractivity contribution is 0.102. The zero-order chi connectivity index (χ0) is 20.6. The Kier molecular flexibility index (Phi) is 5.14. The molecule has 150 valence electrons. The Labute approximate surface area is 174 Å². The van der Waals surface area contributed by atoms with E-state index < -0.39 is 15.9 Å². The average Bonchev–Trinajstić information content (AvgIpc) is 3.35. The number of nitrogens with zero attached hydrogens (tertiary/aromatic N) is 2. The number of aryl methyl sites for hydroxylation is 2. The van der Waals surface area contributed by atoms with Gasteiger partial charge in [-0.25, -0.2) is 13.4 Å². The van der Waals surface area contributed by atoms with Crippen molar-refractivity contribution in [1.29, 1.82) is 0 Å². The lowest BCUT2D eigenvalue weighted by atomic mass is 10.1. The van der Waals surface area contributed by atoms with Crippen LogP contribution in [-0.2, 0) is 22.9 Å². The van der Waals surface area contributed by atoms with Crippen molar-refractivity contribution in [3.63, 3.8) is 0 Å². The molecule has 0 saturated carbocycles. The number of rotatable bonds is 5. The summed E-state index contributed by atoms with van der Waals surface area (Å²) in [7, 11) is -2.05. The van der Waals surface area contributed by atoms with Crippen LogP contribution in [0.1, 0.15) is 27.9 Å². The highest BCUT2D eigenvalue weighted by molar-refractivity contribution is 7.92. The second-order valence-corrected chi connectivity index (χ2v) is 9.95. The van der Waals surface area contributed by atoms with Gasteiger partial charge in [0.05, 0.1) is 23.2 Å². The van der Waals surface area contributed by atoms with Gasteiger partial charge in [-0.3, -0.25) is 14.4 Å². The van der Waals surface area contributed by atoms with Gasteiger partial charge in [0, 0.05) is 18.0 Å². The summed E-state index contributed by atoms with van der Waals surface area (Å²) in [5, 5.41) is 5.19. The van der Waals surface area contributed by atoms with Crippen molar-refractivity contribution in [3.05, 3.63) is 64.5 Å². The van der Waals surface area contributed by atoms with E-state index >= 15 is 0 Å². The smallest absolute Gasteiger partial charge is 0.259 e. The van der Waals surface area contributed by atoms with E-state index in [9.17, 15) is 13.2 Å². The molecule has 1 aromatic heterocycles. The molecule has 3 aromatic rings. The number of amides is 1. The Morgan fingerprint density at radius 3 is 2.69 bits per heavy atom. The molecule has 1 amide bonds. The van der Waals surface area contributed by atoms with E-state index in [2.05, 4.69) is 28.5 Å². The van der Waals surface area contributed by atoms with Crippen LogP contribution in [0.3, 0.4) is 0 Å². The molecule has 6 nitrogen and oxygen atoms in total. The highest BCUT2D eigenvalue weighted by atomic mass is 32.2. The van der Waals surface area contributed by atoms with Gasteiger partial charge in [-0.05, 0) is 48.6 Å². The number of thiazole rings is 1. The minimum atomic E-state index is -3.48. The van der Waals surface area contributed by atoms with Crippen LogP contribution in [0.25, 0.3) is 11.3 Å². The normalized spacial score (nSPS) is 13.2. The van der Waals surface area contributed by atoms with E-state index in [1.54, 1.807) is 24.3 Å². The molecule has 1 heterocycles. The predicted molar refractivity (Wildman–Crippen MR) is 117 cm³/mol. The van der Waals surface area contributed by atoms with Gasteiger partial charge in [0.25, 0.3) is 5.91 Å². The van der Waals surface area contributed by atoms with Crippen molar-refractivity contribution in [2.75, 3.05) is 22.9 Å². The fourth-order valence-corrected chi connectivity index (χ4v) is 4.71. The first kappa shape index (κ1) is 19.6. The summed E-state index contributed by atoms with van der Waals surface area (Å²) in [5.74, 6) is -0.397. The van der Waals surface area contributed by atoms with E-state index in [1.165, 1.54) is 35.9 Å². The number of hydrogen-bond donors (Lipinski definition) is 1. The minimum Gasteiger partial charge on any atom is -0.298 e. The van der Waals surface area contributed by atoms with E-state index in [-0.39, 0.29) is 5.56 Å². The van der Waals surface area contributed by atoms with Gasteiger partial charge in [-0.1, -0.05) is 24.3 Å². The molecule has 1 aliphatic carbocycles. The Balaban J connectivity index is 1.56. The van der Waals surface area contributed by atoms with Gasteiger partial charge in [-0.15, -0.1) is 11.3 Å². The Morgan fingerprint density at radius 2 is 1.90 bits per heavy atom. The molecule has 0 radical (unpaired) electrons. The third-order valence-corrected chi connectivity index (χ3v) is 7.05. The molecular formula is C21H21N3O3S2. The summed E-state index contributed by atoms with van der Waals surface area (Å²) in [4.78, 5) is 17.3. The largest absolute Gasteiger partial charge is 0.298 e. The summed E-state index contributed by atoms with van der Waals surface area (Å²) in [6.45, 7) is 0. The molecule has 0 aliphatic heterocycles. The Morgan fingerprint density at radius 1 is 1.14 bits per heavy atom. The minimum absolute atomic E-state index is 0.273. The number of fused-ring (bicyclic) bond motifs is 1. The van der Waals surface area contributed by atoms with Gasteiger partial charge in [0.15, 0.2) is 5.13 Å². The molecular weight excluding hydrogens is 406 g/mol. The number of nitrogens with one attached hydrogen (secondary N) is 1. The third-order valence-electron chi connectivity index (χ3n) is 5.10. The second kappa shape index (κ2) is 7.61. The first-order chi connectivity index (χ1) is 13.8. The van der Waals surface area contributed by atoms with Crippen molar-refractivity contribution in [1.82, 2.24) is 4.98 Å². The number of para-hydroxylation sites is 1. The van der Waals surface area contributed by atoms with Gasteiger partial charge in [0.2, 0.25) is 10.0 Å². The fourth-order valence-electron chi connectivity index (χ4n) is 3.48. The average molecular weight is 428 g/mol.